The Hall–Kier alpha value is -2.68. The number of furan rings is 1. The number of carbonyl (C=O) groups is 1. The van der Waals surface area contributed by atoms with Crippen LogP contribution in [0, 0.1) is 11.3 Å². The highest BCUT2D eigenvalue weighted by Crippen LogP contribution is 2.47. The van der Waals surface area contributed by atoms with Crippen molar-refractivity contribution in [2.24, 2.45) is 0 Å². The number of nitrogens with one attached hydrogen (secondary N) is 2. The number of carbonyl (C=O) groups excluding carboxylic acids is 1. The van der Waals surface area contributed by atoms with Crippen molar-refractivity contribution in [2.75, 3.05) is 5.32 Å². The number of hydrogen-bond acceptors (Lipinski definition) is 5. The third kappa shape index (κ3) is 3.86. The summed E-state index contributed by atoms with van der Waals surface area (Å²) in [7, 11) is 0. The van der Waals surface area contributed by atoms with E-state index < -0.39 is 34.7 Å². The van der Waals surface area contributed by atoms with Crippen molar-refractivity contribution >= 4 is 22.2 Å². The SMILES string of the molecule is N#Cc1c(NC(NC(=O)c2ccco2)(C(F)(F)F)C(F)(F)F)sc2c1CCCCC2. The van der Waals surface area contributed by atoms with Crippen LogP contribution in [0.4, 0.5) is 31.3 Å². The Morgan fingerprint density at radius 2 is 1.77 bits per heavy atom. The Labute approximate surface area is 170 Å². The van der Waals surface area contributed by atoms with Crippen LogP contribution < -0.4 is 10.6 Å². The van der Waals surface area contributed by atoms with E-state index in [0.717, 1.165) is 36.6 Å². The van der Waals surface area contributed by atoms with Crippen molar-refractivity contribution in [1.29, 1.82) is 5.26 Å². The molecule has 162 valence electrons. The van der Waals surface area contributed by atoms with Crippen molar-refractivity contribution in [3.05, 3.63) is 40.2 Å². The fraction of sp³-hybridized carbons (Fsp3) is 0.444. The minimum Gasteiger partial charge on any atom is -0.459 e. The molecule has 5 nitrogen and oxygen atoms in total. The predicted molar refractivity (Wildman–Crippen MR) is 94.9 cm³/mol. The van der Waals surface area contributed by atoms with Crippen molar-refractivity contribution in [2.45, 2.75) is 50.1 Å². The molecule has 0 saturated heterocycles. The van der Waals surface area contributed by atoms with Gasteiger partial charge in [-0.3, -0.25) is 4.79 Å². The number of amides is 1. The molecule has 0 unspecified atom stereocenters. The zero-order chi connectivity index (χ0) is 22.2. The number of nitrogens with zero attached hydrogens (tertiary/aromatic N) is 1. The first kappa shape index (κ1) is 22.0. The van der Waals surface area contributed by atoms with Gasteiger partial charge >= 0.3 is 18.0 Å². The van der Waals surface area contributed by atoms with Crippen LogP contribution in [-0.2, 0) is 12.8 Å². The van der Waals surface area contributed by atoms with Crippen molar-refractivity contribution in [3.63, 3.8) is 0 Å². The summed E-state index contributed by atoms with van der Waals surface area (Å²) < 4.78 is 87.6. The van der Waals surface area contributed by atoms with E-state index >= 15 is 0 Å². The molecule has 0 aliphatic heterocycles. The fourth-order valence-electron chi connectivity index (χ4n) is 3.23. The molecule has 0 radical (unpaired) electrons. The molecule has 0 saturated carbocycles. The topological polar surface area (TPSA) is 78.1 Å². The first-order valence-electron chi connectivity index (χ1n) is 8.82. The zero-order valence-electron chi connectivity index (χ0n) is 15.2. The average molecular weight is 451 g/mol. The number of anilines is 1. The summed E-state index contributed by atoms with van der Waals surface area (Å²) in [5, 5.41) is 11.3. The molecule has 2 aromatic rings. The predicted octanol–water partition coefficient (Wildman–Crippen LogP) is 5.14. The van der Waals surface area contributed by atoms with E-state index in [1.807, 2.05) is 0 Å². The zero-order valence-corrected chi connectivity index (χ0v) is 16.0. The molecule has 1 aliphatic rings. The van der Waals surface area contributed by atoms with Crippen molar-refractivity contribution in [1.82, 2.24) is 5.32 Å². The average Bonchev–Trinajstić information content (AvgIpc) is 3.22. The molecule has 0 aromatic carbocycles. The first-order chi connectivity index (χ1) is 14.0. The smallest absolute Gasteiger partial charge is 0.439 e. The third-order valence-electron chi connectivity index (χ3n) is 4.73. The molecule has 2 heterocycles. The number of halogens is 6. The lowest BCUT2D eigenvalue weighted by atomic mass is 10.0. The number of thiophene rings is 1. The molecule has 30 heavy (non-hydrogen) atoms. The third-order valence-corrected chi connectivity index (χ3v) is 5.94. The highest BCUT2D eigenvalue weighted by atomic mass is 32.1. The molecule has 2 N–H and O–H groups in total. The van der Waals surface area contributed by atoms with E-state index in [1.54, 1.807) is 6.07 Å². The highest BCUT2D eigenvalue weighted by molar-refractivity contribution is 7.16. The van der Waals surface area contributed by atoms with Crippen LogP contribution in [0.15, 0.2) is 22.8 Å². The lowest BCUT2D eigenvalue weighted by Crippen LogP contribution is -2.72. The highest BCUT2D eigenvalue weighted by Gasteiger charge is 2.73. The fourth-order valence-corrected chi connectivity index (χ4v) is 4.53. The quantitative estimate of drug-likeness (QED) is 0.383. The number of rotatable bonds is 4. The van der Waals surface area contributed by atoms with Crippen molar-refractivity contribution in [3.8, 4) is 6.07 Å². The van der Waals surface area contributed by atoms with E-state index in [2.05, 4.69) is 4.42 Å². The van der Waals surface area contributed by atoms with Gasteiger partial charge in [-0.1, -0.05) is 6.42 Å². The number of alkyl halides is 6. The summed E-state index contributed by atoms with van der Waals surface area (Å²) in [6, 6.07) is 3.80. The monoisotopic (exact) mass is 451 g/mol. The molecule has 12 heteroatoms. The van der Waals surface area contributed by atoms with Crippen LogP contribution in [0.3, 0.4) is 0 Å². The second-order valence-electron chi connectivity index (χ2n) is 6.68. The number of fused-ring (bicyclic) bond motifs is 1. The van der Waals surface area contributed by atoms with Gasteiger partial charge in [-0.15, -0.1) is 11.3 Å². The van der Waals surface area contributed by atoms with Crippen molar-refractivity contribution < 1.29 is 35.6 Å². The second kappa shape index (κ2) is 7.86. The summed E-state index contributed by atoms with van der Waals surface area (Å²) >= 11 is 0.675. The van der Waals surface area contributed by atoms with Crippen LogP contribution in [-0.4, -0.2) is 23.9 Å². The van der Waals surface area contributed by atoms with E-state index in [1.165, 1.54) is 5.32 Å². The second-order valence-corrected chi connectivity index (χ2v) is 7.79. The van der Waals surface area contributed by atoms with Gasteiger partial charge in [0.05, 0.1) is 11.8 Å². The summed E-state index contributed by atoms with van der Waals surface area (Å²) in [6.07, 6.45) is -7.93. The van der Waals surface area contributed by atoms with E-state index in [9.17, 15) is 36.4 Å². The Morgan fingerprint density at radius 3 is 2.33 bits per heavy atom. The largest absolute Gasteiger partial charge is 0.459 e. The molecule has 0 bridgehead atoms. The normalized spacial score (nSPS) is 15.1. The van der Waals surface area contributed by atoms with Gasteiger partial charge in [0.2, 0.25) is 0 Å². The summed E-state index contributed by atoms with van der Waals surface area (Å²) in [5.41, 5.74) is -4.63. The molecule has 2 aromatic heterocycles. The molecule has 0 atom stereocenters. The van der Waals surface area contributed by atoms with E-state index in [-0.39, 0.29) is 5.56 Å². The van der Waals surface area contributed by atoms with Crippen LogP contribution >= 0.6 is 11.3 Å². The molecule has 1 amide bonds. The Bertz CT molecular complexity index is 942. The Balaban J connectivity index is 2.10. The first-order valence-corrected chi connectivity index (χ1v) is 9.64. The molecule has 1 aliphatic carbocycles. The lowest BCUT2D eigenvalue weighted by molar-refractivity contribution is -0.294. The summed E-state index contributed by atoms with van der Waals surface area (Å²) in [4.78, 5) is 12.7. The number of aryl methyl sites for hydroxylation is 1. The molecule has 0 fully saturated rings. The van der Waals surface area contributed by atoms with Gasteiger partial charge < -0.3 is 15.1 Å². The minimum absolute atomic E-state index is 0.262. The molecular formula is C18H15F6N3O2S. The van der Waals surface area contributed by atoms with Crippen LogP contribution in [0.2, 0.25) is 0 Å². The standard InChI is InChI=1S/C18H15F6N3O2S/c19-17(20,21)16(18(22,23)24,26-14(28)12-6-4-8-29-12)27-15-11(9-25)10-5-2-1-3-7-13(10)30-15/h4,6,8,27H,1-3,5,7H2,(H,26,28). The van der Waals surface area contributed by atoms with Crippen LogP contribution in [0.5, 0.6) is 0 Å². The van der Waals surface area contributed by atoms with E-state index in [0.29, 0.717) is 41.0 Å². The molecule has 3 rings (SSSR count). The van der Waals surface area contributed by atoms with E-state index in [4.69, 9.17) is 0 Å². The lowest BCUT2D eigenvalue weighted by Gasteiger charge is -2.38. The molecule has 0 spiro atoms. The maximum Gasteiger partial charge on any atom is 0.439 e. The van der Waals surface area contributed by atoms with Gasteiger partial charge in [0.15, 0.2) is 5.76 Å². The van der Waals surface area contributed by atoms with Gasteiger partial charge in [-0.05, 0) is 43.4 Å². The Morgan fingerprint density at radius 1 is 1.10 bits per heavy atom. The van der Waals surface area contributed by atoms with Gasteiger partial charge in [0.25, 0.3) is 5.91 Å². The molecular weight excluding hydrogens is 436 g/mol. The van der Waals surface area contributed by atoms with Gasteiger partial charge in [0, 0.05) is 4.88 Å². The van der Waals surface area contributed by atoms with Crippen LogP contribution in [0.25, 0.3) is 0 Å². The Kier molecular flexibility index (Phi) is 5.77. The number of nitriles is 1. The minimum atomic E-state index is -5.98. The summed E-state index contributed by atoms with van der Waals surface area (Å²) in [5.74, 6) is -2.43. The van der Waals surface area contributed by atoms with Gasteiger partial charge in [-0.2, -0.15) is 31.6 Å². The maximum atomic E-state index is 13.8. The maximum absolute atomic E-state index is 13.8. The van der Waals surface area contributed by atoms with Gasteiger partial charge in [0.1, 0.15) is 11.1 Å². The summed E-state index contributed by atoms with van der Waals surface area (Å²) in [6.45, 7) is 0. The van der Waals surface area contributed by atoms with Crippen LogP contribution in [0.1, 0.15) is 45.8 Å². The number of hydrogen-bond donors (Lipinski definition) is 2. The van der Waals surface area contributed by atoms with Gasteiger partial charge in [-0.25, -0.2) is 0 Å².